The van der Waals surface area contributed by atoms with Gasteiger partial charge in [0, 0.05) is 42.8 Å². The number of ketones is 1. The summed E-state index contributed by atoms with van der Waals surface area (Å²) in [5.74, 6) is 1.04. The van der Waals surface area contributed by atoms with Crippen molar-refractivity contribution in [1.82, 2.24) is 14.9 Å². The Labute approximate surface area is 244 Å². The van der Waals surface area contributed by atoms with E-state index in [0.717, 1.165) is 77.1 Å². The molecular formula is C34H43N5O2. The quantitative estimate of drug-likeness (QED) is 0.204. The lowest BCUT2D eigenvalue weighted by Gasteiger charge is -2.38. The van der Waals surface area contributed by atoms with Gasteiger partial charge in [0.05, 0.1) is 11.3 Å². The summed E-state index contributed by atoms with van der Waals surface area (Å²) in [7, 11) is 1.89. The zero-order chi connectivity index (χ0) is 29.7. The van der Waals surface area contributed by atoms with Crippen molar-refractivity contribution in [3.63, 3.8) is 0 Å². The number of hydrogen-bond donors (Lipinski definition) is 2. The van der Waals surface area contributed by atoms with Crippen LogP contribution in [0, 0.1) is 26.7 Å². The predicted molar refractivity (Wildman–Crippen MR) is 167 cm³/mol. The maximum absolute atomic E-state index is 13.3. The number of allylic oxidation sites excluding steroid dienone is 1. The Hall–Kier alpha value is -4.00. The minimum Gasteiger partial charge on any atom is -0.388 e. The number of nitrogens with one attached hydrogen (secondary N) is 2. The molecular weight excluding hydrogens is 510 g/mol. The number of piperidine rings is 1. The number of aromatic nitrogens is 2. The third-order valence-electron chi connectivity index (χ3n) is 8.01. The molecule has 216 valence electrons. The second kappa shape index (κ2) is 13.1. The highest BCUT2D eigenvalue weighted by Gasteiger charge is 2.29. The molecule has 1 amide bonds. The van der Waals surface area contributed by atoms with Crippen LogP contribution in [0.15, 0.2) is 54.7 Å². The van der Waals surface area contributed by atoms with Gasteiger partial charge in [0.25, 0.3) is 5.91 Å². The summed E-state index contributed by atoms with van der Waals surface area (Å²) in [6.45, 7) is 15.0. The molecule has 4 rings (SSSR count). The number of benzene rings is 2. The molecule has 2 N–H and O–H groups in total. The molecule has 7 nitrogen and oxygen atoms in total. The maximum Gasteiger partial charge on any atom is 0.254 e. The van der Waals surface area contributed by atoms with Gasteiger partial charge in [-0.05, 0) is 120 Å². The van der Waals surface area contributed by atoms with Gasteiger partial charge in [0.2, 0.25) is 5.95 Å². The molecule has 1 aliphatic rings. The Kier molecular flexibility index (Phi) is 9.58. The first kappa shape index (κ1) is 30.0. The lowest BCUT2D eigenvalue weighted by Crippen LogP contribution is -2.44. The molecule has 0 saturated carbocycles. The van der Waals surface area contributed by atoms with E-state index in [1.165, 1.54) is 0 Å². The summed E-state index contributed by atoms with van der Waals surface area (Å²) in [6.07, 6.45) is 5.84. The van der Waals surface area contributed by atoms with Crippen molar-refractivity contribution in [1.29, 1.82) is 0 Å². The molecule has 0 spiro atoms. The molecule has 1 aliphatic heterocycles. The molecule has 2 atom stereocenters. The normalized spacial score (nSPS) is 16.8. The van der Waals surface area contributed by atoms with Gasteiger partial charge in [-0.1, -0.05) is 18.2 Å². The zero-order valence-corrected chi connectivity index (χ0v) is 25.3. The Balaban J connectivity index is 1.34. The number of rotatable bonds is 10. The fraction of sp³-hybridized carbons (Fsp3) is 0.412. The van der Waals surface area contributed by atoms with Crippen LogP contribution in [0.2, 0.25) is 0 Å². The lowest BCUT2D eigenvalue weighted by molar-refractivity contribution is 0.0576. The van der Waals surface area contributed by atoms with Crippen molar-refractivity contribution >= 4 is 29.0 Å². The molecule has 0 radical (unpaired) electrons. The van der Waals surface area contributed by atoms with Crippen molar-refractivity contribution in [2.45, 2.75) is 72.8 Å². The number of anilines is 3. The highest BCUT2D eigenvalue weighted by Crippen LogP contribution is 2.31. The van der Waals surface area contributed by atoms with Gasteiger partial charge in [-0.15, -0.1) is 0 Å². The fourth-order valence-corrected chi connectivity index (χ4v) is 5.94. The van der Waals surface area contributed by atoms with Gasteiger partial charge in [-0.2, -0.15) is 0 Å². The first-order chi connectivity index (χ1) is 19.5. The first-order valence-corrected chi connectivity index (χ1v) is 14.5. The number of hydrogen-bond acceptors (Lipinski definition) is 6. The van der Waals surface area contributed by atoms with Gasteiger partial charge < -0.3 is 15.5 Å². The van der Waals surface area contributed by atoms with E-state index >= 15 is 0 Å². The molecule has 0 unspecified atom stereocenters. The molecule has 2 heterocycles. The second-order valence-electron chi connectivity index (χ2n) is 11.6. The number of likely N-dealkylation sites (tertiary alicyclic amines) is 1. The summed E-state index contributed by atoms with van der Waals surface area (Å²) in [4.78, 5) is 36.7. The number of Topliss-reactive ketones (excluding diaryl/α,β-unsaturated/α-hetero) is 1. The monoisotopic (exact) mass is 553 g/mol. The van der Waals surface area contributed by atoms with Gasteiger partial charge in [-0.25, -0.2) is 9.97 Å². The number of nitrogens with zero attached hydrogens (tertiary/aromatic N) is 3. The Morgan fingerprint density at radius 1 is 1.10 bits per heavy atom. The van der Waals surface area contributed by atoms with Crippen molar-refractivity contribution in [3.8, 4) is 0 Å². The third kappa shape index (κ3) is 7.60. The number of aryl methyl sites for hydroxylation is 4. The molecule has 1 fully saturated rings. The van der Waals surface area contributed by atoms with Crippen LogP contribution in [0.4, 0.5) is 17.3 Å². The molecule has 2 aromatic carbocycles. The van der Waals surface area contributed by atoms with E-state index in [1.54, 1.807) is 13.1 Å². The number of carbonyl (C=O) groups excluding carboxylic acids is 2. The van der Waals surface area contributed by atoms with E-state index in [-0.39, 0.29) is 17.7 Å². The van der Waals surface area contributed by atoms with E-state index in [1.807, 2.05) is 37.1 Å². The van der Waals surface area contributed by atoms with Crippen molar-refractivity contribution in [2.24, 2.45) is 5.92 Å². The summed E-state index contributed by atoms with van der Waals surface area (Å²) in [5.41, 5.74) is 8.55. The molecule has 41 heavy (non-hydrogen) atoms. The van der Waals surface area contributed by atoms with E-state index in [0.29, 0.717) is 23.9 Å². The van der Waals surface area contributed by atoms with Crippen molar-refractivity contribution < 1.29 is 9.59 Å². The predicted octanol–water partition coefficient (Wildman–Crippen LogP) is 7.21. The number of carbonyl (C=O) groups is 2. The van der Waals surface area contributed by atoms with Crippen LogP contribution < -0.4 is 10.6 Å². The molecule has 1 saturated heterocycles. The average Bonchev–Trinajstić information content (AvgIpc) is 2.91. The molecule has 7 heteroatoms. The Morgan fingerprint density at radius 2 is 1.83 bits per heavy atom. The summed E-state index contributed by atoms with van der Waals surface area (Å²) < 4.78 is 0. The smallest absolute Gasteiger partial charge is 0.254 e. The second-order valence-corrected chi connectivity index (χ2v) is 11.6. The van der Waals surface area contributed by atoms with Crippen LogP contribution in [0.25, 0.3) is 0 Å². The Morgan fingerprint density at radius 3 is 2.46 bits per heavy atom. The SMILES string of the molecule is C=C(CCc1nc(Nc2cc(C)cc(C)c2)ncc1C(C)=O)C[C@@H]1CCN(C(=O)c2ccc(NC)c(C)c2)[C@H](C)C1. The van der Waals surface area contributed by atoms with Crippen LogP contribution in [0.3, 0.4) is 0 Å². The van der Waals surface area contributed by atoms with Crippen LogP contribution in [-0.4, -0.2) is 46.2 Å². The largest absolute Gasteiger partial charge is 0.388 e. The van der Waals surface area contributed by atoms with Gasteiger partial charge in [0.1, 0.15) is 0 Å². The summed E-state index contributed by atoms with van der Waals surface area (Å²) in [6, 6.07) is 12.3. The molecule has 1 aromatic heterocycles. The molecule has 3 aromatic rings. The van der Waals surface area contributed by atoms with E-state index in [2.05, 4.69) is 61.2 Å². The minimum atomic E-state index is -0.0368. The van der Waals surface area contributed by atoms with Crippen molar-refractivity contribution in [2.75, 3.05) is 24.2 Å². The highest BCUT2D eigenvalue weighted by atomic mass is 16.2. The fourth-order valence-electron chi connectivity index (χ4n) is 5.94. The minimum absolute atomic E-state index is 0.0368. The van der Waals surface area contributed by atoms with Crippen LogP contribution in [-0.2, 0) is 6.42 Å². The lowest BCUT2D eigenvalue weighted by atomic mass is 9.85. The summed E-state index contributed by atoms with van der Waals surface area (Å²) in [5, 5.41) is 6.45. The van der Waals surface area contributed by atoms with Crippen LogP contribution in [0.1, 0.15) is 82.6 Å². The van der Waals surface area contributed by atoms with Crippen LogP contribution >= 0.6 is 0 Å². The molecule has 0 aliphatic carbocycles. The van der Waals surface area contributed by atoms with E-state index in [4.69, 9.17) is 4.98 Å². The van der Waals surface area contributed by atoms with Crippen LogP contribution in [0.5, 0.6) is 0 Å². The topological polar surface area (TPSA) is 87.2 Å². The van der Waals surface area contributed by atoms with Crippen molar-refractivity contribution in [3.05, 3.63) is 88.3 Å². The first-order valence-electron chi connectivity index (χ1n) is 14.5. The third-order valence-corrected chi connectivity index (χ3v) is 8.01. The molecule has 0 bridgehead atoms. The maximum atomic E-state index is 13.3. The average molecular weight is 554 g/mol. The Bertz CT molecular complexity index is 1430. The van der Waals surface area contributed by atoms with Gasteiger partial charge >= 0.3 is 0 Å². The standard InChI is InChI=1S/C34H43N5O2/c1-21(15-27-12-13-39(25(5)19-27)33(41)28-9-11-31(35-7)24(4)18-28)8-10-32-30(26(6)40)20-36-34(38-32)37-29-16-22(2)14-23(3)17-29/h9,11,14,16-18,20,25,27,35H,1,8,10,12-13,15,19H2,2-7H3,(H,36,37,38)/t25-,27+/m1/s1. The van der Waals surface area contributed by atoms with E-state index in [9.17, 15) is 9.59 Å². The summed E-state index contributed by atoms with van der Waals surface area (Å²) >= 11 is 0. The highest BCUT2D eigenvalue weighted by molar-refractivity contribution is 5.95. The van der Waals surface area contributed by atoms with Gasteiger partial charge in [0.15, 0.2) is 5.78 Å². The zero-order valence-electron chi connectivity index (χ0n) is 25.3. The van der Waals surface area contributed by atoms with E-state index < -0.39 is 0 Å². The van der Waals surface area contributed by atoms with Gasteiger partial charge in [-0.3, -0.25) is 9.59 Å². The number of amides is 1.